The number of hydrogen-bond donors (Lipinski definition) is 0. The molecule has 0 heterocycles. The Morgan fingerprint density at radius 2 is 2.15 bits per heavy atom. The Bertz CT molecular complexity index is 512. The second-order valence-electron chi connectivity index (χ2n) is 3.61. The number of benzene rings is 1. The zero-order valence-electron chi connectivity index (χ0n) is 11.2. The molecule has 0 N–H and O–H groups in total. The van der Waals surface area contributed by atoms with Gasteiger partial charge in [-0.15, -0.1) is 0 Å². The number of nitrogens with zero attached hydrogens (tertiary/aromatic N) is 1. The van der Waals surface area contributed by atoms with Crippen molar-refractivity contribution in [2.24, 2.45) is 0 Å². The summed E-state index contributed by atoms with van der Waals surface area (Å²) in [5, 5.41) is 10.3. The number of carbonyl (C=O) groups is 1. The smallest absolute Gasteiger partial charge is 0.344 e. The summed E-state index contributed by atoms with van der Waals surface area (Å²) >= 11 is 0. The van der Waals surface area contributed by atoms with Gasteiger partial charge in [0.25, 0.3) is 0 Å². The van der Waals surface area contributed by atoms with Gasteiger partial charge in [-0.1, -0.05) is 6.07 Å². The standard InChI is InChI=1S/C13H15NO6/c1-3-19-13(15)9-20-12-8-10(6-7-14(16)17)4-5-11(12)18-2/h4-8H,3,9H2,1-2H3/b7-6-. The topological polar surface area (TPSA) is 87.9 Å². The largest absolute Gasteiger partial charge is 0.493 e. The summed E-state index contributed by atoms with van der Waals surface area (Å²) in [6, 6.07) is 4.77. The highest BCUT2D eigenvalue weighted by Gasteiger charge is 2.09. The highest BCUT2D eigenvalue weighted by molar-refractivity contribution is 5.71. The van der Waals surface area contributed by atoms with Gasteiger partial charge in [-0.3, -0.25) is 10.1 Å². The van der Waals surface area contributed by atoms with Crippen molar-refractivity contribution in [1.82, 2.24) is 0 Å². The Labute approximate surface area is 115 Å². The van der Waals surface area contributed by atoms with Crippen molar-refractivity contribution in [3.8, 4) is 11.5 Å². The number of methoxy groups -OCH3 is 1. The molecule has 0 aromatic heterocycles. The maximum absolute atomic E-state index is 11.2. The molecular formula is C13H15NO6. The molecule has 1 aromatic carbocycles. The first-order valence-electron chi connectivity index (χ1n) is 5.85. The Morgan fingerprint density at radius 3 is 2.75 bits per heavy atom. The molecule has 0 saturated heterocycles. The minimum atomic E-state index is -0.566. The first-order valence-corrected chi connectivity index (χ1v) is 5.85. The van der Waals surface area contributed by atoms with Gasteiger partial charge in [0.05, 0.1) is 18.6 Å². The molecule has 0 radical (unpaired) electrons. The summed E-state index contributed by atoms with van der Waals surface area (Å²) in [5.74, 6) is 0.236. The number of esters is 1. The Kier molecular flexibility index (Phi) is 6.02. The van der Waals surface area contributed by atoms with Crippen LogP contribution in [0, 0.1) is 10.1 Å². The van der Waals surface area contributed by atoms with Crippen LogP contribution in [0.5, 0.6) is 11.5 Å². The number of ether oxygens (including phenoxy) is 3. The second kappa shape index (κ2) is 7.78. The van der Waals surface area contributed by atoms with Crippen LogP contribution in [0.3, 0.4) is 0 Å². The number of hydrogen-bond acceptors (Lipinski definition) is 6. The van der Waals surface area contributed by atoms with Crippen molar-refractivity contribution in [2.45, 2.75) is 6.92 Å². The van der Waals surface area contributed by atoms with Crippen molar-refractivity contribution in [3.63, 3.8) is 0 Å². The lowest BCUT2D eigenvalue weighted by Gasteiger charge is -2.10. The third-order valence-corrected chi connectivity index (χ3v) is 2.23. The van der Waals surface area contributed by atoms with E-state index in [0.717, 1.165) is 6.20 Å². The fraction of sp³-hybridized carbons (Fsp3) is 0.308. The quantitative estimate of drug-likeness (QED) is 0.431. The molecule has 0 fully saturated rings. The normalized spacial score (nSPS) is 10.3. The van der Waals surface area contributed by atoms with Gasteiger partial charge in [-0.25, -0.2) is 4.79 Å². The van der Waals surface area contributed by atoms with Gasteiger partial charge in [0, 0.05) is 6.08 Å². The third kappa shape index (κ3) is 4.97. The molecule has 0 bridgehead atoms. The van der Waals surface area contributed by atoms with E-state index in [1.165, 1.54) is 19.3 Å². The summed E-state index contributed by atoms with van der Waals surface area (Å²) in [4.78, 5) is 20.9. The lowest BCUT2D eigenvalue weighted by molar-refractivity contribution is -0.400. The minimum Gasteiger partial charge on any atom is -0.493 e. The molecule has 108 valence electrons. The third-order valence-electron chi connectivity index (χ3n) is 2.23. The van der Waals surface area contributed by atoms with E-state index in [0.29, 0.717) is 17.1 Å². The number of rotatable bonds is 7. The van der Waals surface area contributed by atoms with Gasteiger partial charge in [0.1, 0.15) is 0 Å². The number of nitro groups is 1. The van der Waals surface area contributed by atoms with E-state index in [1.807, 2.05) is 0 Å². The maximum Gasteiger partial charge on any atom is 0.344 e. The highest BCUT2D eigenvalue weighted by atomic mass is 16.6. The van der Waals surface area contributed by atoms with Crippen LogP contribution < -0.4 is 9.47 Å². The van der Waals surface area contributed by atoms with Crippen molar-refractivity contribution in [2.75, 3.05) is 20.3 Å². The predicted octanol–water partition coefficient (Wildman–Crippen LogP) is 1.88. The van der Waals surface area contributed by atoms with Gasteiger partial charge in [0.2, 0.25) is 6.20 Å². The molecule has 0 atom stereocenters. The van der Waals surface area contributed by atoms with Gasteiger partial charge in [-0.2, -0.15) is 0 Å². The zero-order chi connectivity index (χ0) is 15.0. The monoisotopic (exact) mass is 281 g/mol. The molecule has 1 rings (SSSR count). The molecular weight excluding hydrogens is 266 g/mol. The Morgan fingerprint density at radius 1 is 1.40 bits per heavy atom. The van der Waals surface area contributed by atoms with Gasteiger partial charge in [-0.05, 0) is 24.6 Å². The van der Waals surface area contributed by atoms with Gasteiger partial charge >= 0.3 is 5.97 Å². The first kappa shape index (κ1) is 15.5. The predicted molar refractivity (Wildman–Crippen MR) is 71.2 cm³/mol. The fourth-order valence-electron chi connectivity index (χ4n) is 1.40. The SMILES string of the molecule is CCOC(=O)COc1cc(/C=C\[N+](=O)[O-])ccc1OC. The van der Waals surface area contributed by atoms with Crippen molar-refractivity contribution >= 4 is 12.0 Å². The van der Waals surface area contributed by atoms with E-state index in [9.17, 15) is 14.9 Å². The van der Waals surface area contributed by atoms with E-state index in [-0.39, 0.29) is 13.2 Å². The highest BCUT2D eigenvalue weighted by Crippen LogP contribution is 2.28. The second-order valence-corrected chi connectivity index (χ2v) is 3.61. The van der Waals surface area contributed by atoms with E-state index >= 15 is 0 Å². The molecule has 0 aliphatic carbocycles. The molecule has 0 unspecified atom stereocenters. The van der Waals surface area contributed by atoms with Crippen LogP contribution in [0.1, 0.15) is 12.5 Å². The summed E-state index contributed by atoms with van der Waals surface area (Å²) in [5.41, 5.74) is 0.557. The van der Waals surface area contributed by atoms with Crippen LogP contribution in [0.25, 0.3) is 6.08 Å². The molecule has 1 aromatic rings. The molecule has 0 spiro atoms. The summed E-state index contributed by atoms with van der Waals surface area (Å²) in [6.45, 7) is 1.71. The van der Waals surface area contributed by atoms with Crippen molar-refractivity contribution in [3.05, 3.63) is 40.1 Å². The molecule has 0 amide bonds. The average Bonchev–Trinajstić information content (AvgIpc) is 2.43. The van der Waals surface area contributed by atoms with Crippen LogP contribution in [0.2, 0.25) is 0 Å². The van der Waals surface area contributed by atoms with Crippen LogP contribution in [0.4, 0.5) is 0 Å². The zero-order valence-corrected chi connectivity index (χ0v) is 11.2. The fourth-order valence-corrected chi connectivity index (χ4v) is 1.40. The molecule has 0 aliphatic rings. The molecule has 7 heteroatoms. The molecule has 20 heavy (non-hydrogen) atoms. The Balaban J connectivity index is 2.83. The van der Waals surface area contributed by atoms with E-state index in [4.69, 9.17) is 14.2 Å². The van der Waals surface area contributed by atoms with Crippen LogP contribution >= 0.6 is 0 Å². The van der Waals surface area contributed by atoms with Gasteiger partial charge < -0.3 is 14.2 Å². The molecule has 0 saturated carbocycles. The van der Waals surface area contributed by atoms with Crippen LogP contribution in [0.15, 0.2) is 24.4 Å². The summed E-state index contributed by atoms with van der Waals surface area (Å²) < 4.78 is 15.1. The summed E-state index contributed by atoms with van der Waals surface area (Å²) in [7, 11) is 1.46. The van der Waals surface area contributed by atoms with E-state index in [1.54, 1.807) is 19.1 Å². The lowest BCUT2D eigenvalue weighted by Crippen LogP contribution is -2.14. The molecule has 7 nitrogen and oxygen atoms in total. The van der Waals surface area contributed by atoms with Crippen molar-refractivity contribution < 1.29 is 23.9 Å². The van der Waals surface area contributed by atoms with Crippen LogP contribution in [-0.2, 0) is 9.53 Å². The van der Waals surface area contributed by atoms with Crippen LogP contribution in [-0.4, -0.2) is 31.2 Å². The maximum atomic E-state index is 11.2. The number of carbonyl (C=O) groups excluding carboxylic acids is 1. The van der Waals surface area contributed by atoms with E-state index in [2.05, 4.69) is 0 Å². The van der Waals surface area contributed by atoms with Crippen molar-refractivity contribution in [1.29, 1.82) is 0 Å². The van der Waals surface area contributed by atoms with Gasteiger partial charge in [0.15, 0.2) is 18.1 Å². The average molecular weight is 281 g/mol. The van der Waals surface area contributed by atoms with E-state index < -0.39 is 10.9 Å². The Hall–Kier alpha value is -2.57. The molecule has 0 aliphatic heterocycles. The summed E-state index contributed by atoms with van der Waals surface area (Å²) in [6.07, 6.45) is 2.13. The first-order chi connectivity index (χ1) is 9.56. The minimum absolute atomic E-state index is 0.257. The lowest BCUT2D eigenvalue weighted by atomic mass is 10.2.